The fraction of sp³-hybridized carbons (Fsp3) is 0.312. The maximum Gasteiger partial charge on any atom is 0.219 e. The molecule has 0 saturated carbocycles. The summed E-state index contributed by atoms with van der Waals surface area (Å²) >= 11 is 3.55. The van der Waals surface area contributed by atoms with E-state index < -0.39 is 0 Å². The molecule has 2 rings (SSSR count). The summed E-state index contributed by atoms with van der Waals surface area (Å²) < 4.78 is 6.93. The molecule has 1 unspecified atom stereocenters. The van der Waals surface area contributed by atoms with E-state index in [2.05, 4.69) is 47.0 Å². The topological polar surface area (TPSA) is 34.1 Å². The number of nitrogens with zero attached hydrogens (tertiary/aromatic N) is 1. The van der Waals surface area contributed by atoms with Crippen LogP contribution in [0.25, 0.3) is 0 Å². The second-order valence-corrected chi connectivity index (χ2v) is 5.71. The number of ether oxygens (including phenoxy) is 1. The lowest BCUT2D eigenvalue weighted by atomic mass is 10.1. The number of benzene rings is 1. The van der Waals surface area contributed by atoms with Gasteiger partial charge in [0, 0.05) is 22.8 Å². The van der Waals surface area contributed by atoms with Gasteiger partial charge in [-0.25, -0.2) is 4.98 Å². The molecule has 0 spiro atoms. The van der Waals surface area contributed by atoms with E-state index in [0.29, 0.717) is 5.88 Å². The van der Waals surface area contributed by atoms with E-state index in [-0.39, 0.29) is 6.04 Å². The van der Waals surface area contributed by atoms with Crippen LogP contribution in [-0.2, 0) is 0 Å². The molecule has 0 radical (unpaired) electrons. The molecule has 0 bridgehead atoms. The van der Waals surface area contributed by atoms with E-state index >= 15 is 0 Å². The summed E-state index contributed by atoms with van der Waals surface area (Å²) in [5, 5.41) is 3.19. The summed E-state index contributed by atoms with van der Waals surface area (Å²) in [7, 11) is 1.93. The van der Waals surface area contributed by atoms with Gasteiger partial charge in [-0.1, -0.05) is 22.0 Å². The molecule has 106 valence electrons. The molecule has 20 heavy (non-hydrogen) atoms. The van der Waals surface area contributed by atoms with Crippen LogP contribution in [0.2, 0.25) is 0 Å². The first-order chi connectivity index (χ1) is 9.51. The minimum Gasteiger partial charge on any atom is -0.439 e. The predicted octanol–water partition coefficient (Wildman–Crippen LogP) is 4.53. The van der Waals surface area contributed by atoms with Crippen molar-refractivity contribution in [3.05, 3.63) is 51.6 Å². The Morgan fingerprint density at radius 2 is 1.85 bits per heavy atom. The van der Waals surface area contributed by atoms with E-state index in [9.17, 15) is 0 Å². The molecule has 3 nitrogen and oxygen atoms in total. The smallest absolute Gasteiger partial charge is 0.219 e. The molecular weight excluding hydrogens is 316 g/mol. The van der Waals surface area contributed by atoms with Gasteiger partial charge in [0.1, 0.15) is 5.75 Å². The standard InChI is InChI=1S/C16H19BrN2O/c1-10-7-14(8-11(2)16(10)17)20-15-6-5-13(9-19-15)12(3)18-4/h5-9,12,18H,1-4H3. The van der Waals surface area contributed by atoms with Gasteiger partial charge in [-0.05, 0) is 56.6 Å². The first kappa shape index (κ1) is 15.0. The number of halogens is 1. The third kappa shape index (κ3) is 3.38. The van der Waals surface area contributed by atoms with Crippen LogP contribution in [0.4, 0.5) is 0 Å². The molecule has 1 aromatic heterocycles. The monoisotopic (exact) mass is 334 g/mol. The van der Waals surface area contributed by atoms with Crippen LogP contribution < -0.4 is 10.1 Å². The van der Waals surface area contributed by atoms with Crippen molar-refractivity contribution in [3.63, 3.8) is 0 Å². The molecule has 0 aliphatic heterocycles. The minimum atomic E-state index is 0.286. The number of pyridine rings is 1. The van der Waals surface area contributed by atoms with Crippen LogP contribution in [0.5, 0.6) is 11.6 Å². The molecule has 0 aliphatic carbocycles. The van der Waals surface area contributed by atoms with E-state index in [1.54, 1.807) is 0 Å². The zero-order valence-electron chi connectivity index (χ0n) is 12.2. The van der Waals surface area contributed by atoms with Gasteiger partial charge in [0.2, 0.25) is 5.88 Å². The van der Waals surface area contributed by atoms with E-state index in [4.69, 9.17) is 4.74 Å². The van der Waals surface area contributed by atoms with Crippen molar-refractivity contribution in [1.82, 2.24) is 10.3 Å². The number of aryl methyl sites for hydroxylation is 2. The van der Waals surface area contributed by atoms with Gasteiger partial charge in [-0.2, -0.15) is 0 Å². The van der Waals surface area contributed by atoms with Crippen molar-refractivity contribution in [1.29, 1.82) is 0 Å². The molecule has 1 atom stereocenters. The zero-order chi connectivity index (χ0) is 14.7. The van der Waals surface area contributed by atoms with Gasteiger partial charge in [-0.15, -0.1) is 0 Å². The summed E-state index contributed by atoms with van der Waals surface area (Å²) in [6.07, 6.45) is 1.84. The Balaban J connectivity index is 2.18. The molecule has 1 N–H and O–H groups in total. The zero-order valence-corrected chi connectivity index (χ0v) is 13.8. The Kier molecular flexibility index (Phi) is 4.78. The molecule has 2 aromatic rings. The molecule has 0 fully saturated rings. The van der Waals surface area contributed by atoms with Crippen molar-refractivity contribution >= 4 is 15.9 Å². The Bertz CT molecular complexity index is 573. The van der Waals surface area contributed by atoms with Crippen molar-refractivity contribution < 1.29 is 4.74 Å². The Morgan fingerprint density at radius 1 is 1.20 bits per heavy atom. The van der Waals surface area contributed by atoms with Gasteiger partial charge >= 0.3 is 0 Å². The Hall–Kier alpha value is -1.39. The molecule has 1 heterocycles. The highest BCUT2D eigenvalue weighted by Crippen LogP contribution is 2.29. The van der Waals surface area contributed by atoms with Crippen molar-refractivity contribution in [2.75, 3.05) is 7.05 Å². The van der Waals surface area contributed by atoms with Crippen molar-refractivity contribution in [2.45, 2.75) is 26.8 Å². The third-order valence-corrected chi connectivity index (χ3v) is 4.58. The normalized spacial score (nSPS) is 12.2. The molecule has 0 amide bonds. The quantitative estimate of drug-likeness (QED) is 0.891. The predicted molar refractivity (Wildman–Crippen MR) is 85.4 cm³/mol. The number of rotatable bonds is 4. The second-order valence-electron chi connectivity index (χ2n) is 4.91. The van der Waals surface area contributed by atoms with Gasteiger partial charge in [0.25, 0.3) is 0 Å². The van der Waals surface area contributed by atoms with E-state index in [1.165, 1.54) is 0 Å². The maximum absolute atomic E-state index is 5.81. The van der Waals surface area contributed by atoms with Crippen LogP contribution in [0.1, 0.15) is 29.7 Å². The minimum absolute atomic E-state index is 0.286. The van der Waals surface area contributed by atoms with Gasteiger partial charge in [-0.3, -0.25) is 0 Å². The summed E-state index contributed by atoms with van der Waals surface area (Å²) in [5.74, 6) is 1.42. The second kappa shape index (κ2) is 6.37. The van der Waals surface area contributed by atoms with Crippen LogP contribution in [0, 0.1) is 13.8 Å². The summed E-state index contributed by atoms with van der Waals surface area (Å²) in [6.45, 7) is 6.20. The maximum atomic E-state index is 5.81. The van der Waals surface area contributed by atoms with Gasteiger partial charge in [0.15, 0.2) is 0 Å². The van der Waals surface area contributed by atoms with Crippen molar-refractivity contribution in [3.8, 4) is 11.6 Å². The lowest BCUT2D eigenvalue weighted by molar-refractivity contribution is 0.461. The first-order valence-corrected chi connectivity index (χ1v) is 7.38. The molecule has 1 aromatic carbocycles. The Morgan fingerprint density at radius 3 is 2.35 bits per heavy atom. The third-order valence-electron chi connectivity index (χ3n) is 3.32. The summed E-state index contributed by atoms with van der Waals surface area (Å²) in [5.41, 5.74) is 3.45. The Labute approximate surface area is 128 Å². The molecule has 4 heteroatoms. The van der Waals surface area contributed by atoms with Gasteiger partial charge < -0.3 is 10.1 Å². The highest BCUT2D eigenvalue weighted by molar-refractivity contribution is 9.10. The van der Waals surface area contributed by atoms with Crippen molar-refractivity contribution in [2.24, 2.45) is 0 Å². The number of aromatic nitrogens is 1. The summed E-state index contributed by atoms with van der Waals surface area (Å²) in [4.78, 5) is 4.35. The fourth-order valence-electron chi connectivity index (χ4n) is 1.96. The van der Waals surface area contributed by atoms with Crippen LogP contribution in [0.15, 0.2) is 34.9 Å². The lowest BCUT2D eigenvalue weighted by Gasteiger charge is -2.12. The number of hydrogen-bond donors (Lipinski definition) is 1. The fourth-order valence-corrected chi connectivity index (χ4v) is 2.19. The summed E-state index contributed by atoms with van der Waals surface area (Å²) in [6, 6.07) is 8.22. The average Bonchev–Trinajstić information content (AvgIpc) is 2.44. The number of nitrogens with one attached hydrogen (secondary N) is 1. The molecule has 0 aliphatic rings. The highest BCUT2D eigenvalue weighted by atomic mass is 79.9. The van der Waals surface area contributed by atoms with E-state index in [0.717, 1.165) is 26.9 Å². The SMILES string of the molecule is CNC(C)c1ccc(Oc2cc(C)c(Br)c(C)c2)nc1. The van der Waals surface area contributed by atoms with Crippen LogP contribution in [-0.4, -0.2) is 12.0 Å². The molecular formula is C16H19BrN2O. The van der Waals surface area contributed by atoms with Gasteiger partial charge in [0.05, 0.1) is 0 Å². The lowest BCUT2D eigenvalue weighted by Crippen LogP contribution is -2.12. The van der Waals surface area contributed by atoms with Crippen LogP contribution in [0.3, 0.4) is 0 Å². The van der Waals surface area contributed by atoms with Crippen LogP contribution >= 0.6 is 15.9 Å². The number of hydrogen-bond acceptors (Lipinski definition) is 3. The molecule has 0 saturated heterocycles. The average molecular weight is 335 g/mol. The van der Waals surface area contributed by atoms with E-state index in [1.807, 2.05) is 37.5 Å². The largest absolute Gasteiger partial charge is 0.439 e. The first-order valence-electron chi connectivity index (χ1n) is 6.59. The highest BCUT2D eigenvalue weighted by Gasteiger charge is 2.06.